The van der Waals surface area contributed by atoms with E-state index in [1.807, 2.05) is 29.4 Å². The molecule has 10 heteroatoms. The Balaban J connectivity index is 1.73. The summed E-state index contributed by atoms with van der Waals surface area (Å²) in [6.07, 6.45) is 2.18. The Morgan fingerprint density at radius 2 is 2.00 bits per heavy atom. The molecule has 184 valence electrons. The highest BCUT2D eigenvalue weighted by molar-refractivity contribution is 8.16. The maximum atomic E-state index is 13.1. The fraction of sp³-hybridized carbons (Fsp3) is 0.320. The summed E-state index contributed by atoms with van der Waals surface area (Å²) < 4.78 is 21.7. The zero-order chi connectivity index (χ0) is 24.9. The van der Waals surface area contributed by atoms with Crippen LogP contribution in [0.1, 0.15) is 37.1 Å². The summed E-state index contributed by atoms with van der Waals surface area (Å²) in [5, 5.41) is 5.44. The number of benzene rings is 1. The van der Waals surface area contributed by atoms with Crippen LogP contribution in [0, 0.1) is 0 Å². The molecule has 1 atom stereocenters. The molecular formula is C25H27N3O6S. The second kappa shape index (κ2) is 10.7. The third-order valence-electron chi connectivity index (χ3n) is 5.74. The molecule has 0 saturated carbocycles. The maximum absolute atomic E-state index is 13.1. The second-order valence-corrected chi connectivity index (χ2v) is 8.55. The lowest BCUT2D eigenvalue weighted by Crippen LogP contribution is -2.38. The standard InChI is InChI=1S/C25H27N3O6S/c1-5-18-21(24(30)33-4)22(17-9-6-10-19(31-2)23(17)32-3)28-15(14-35-25(28)27-18)12-20(29)26-13-16-8-7-11-34-16/h6-11,14,22H,5,12-13H2,1-4H3,(H,26,29)/t22-/m1/s1. The normalized spacial score (nSPS) is 16.9. The van der Waals surface area contributed by atoms with Crippen molar-refractivity contribution >= 4 is 28.8 Å². The predicted molar refractivity (Wildman–Crippen MR) is 132 cm³/mol. The molecule has 0 saturated heterocycles. The number of methoxy groups -OCH3 is 3. The quantitative estimate of drug-likeness (QED) is 0.516. The van der Waals surface area contributed by atoms with E-state index in [1.165, 1.54) is 18.9 Å². The van der Waals surface area contributed by atoms with E-state index in [9.17, 15) is 9.59 Å². The average Bonchev–Trinajstić information content (AvgIpc) is 3.55. The van der Waals surface area contributed by atoms with Crippen molar-refractivity contribution in [2.75, 3.05) is 21.3 Å². The van der Waals surface area contributed by atoms with Crippen LogP contribution in [0.2, 0.25) is 0 Å². The topological polar surface area (TPSA) is 103 Å². The Labute approximate surface area is 207 Å². The van der Waals surface area contributed by atoms with Gasteiger partial charge in [-0.2, -0.15) is 0 Å². The van der Waals surface area contributed by atoms with Crippen LogP contribution in [-0.4, -0.2) is 43.3 Å². The highest BCUT2D eigenvalue weighted by atomic mass is 32.2. The van der Waals surface area contributed by atoms with Gasteiger partial charge in [0.15, 0.2) is 16.7 Å². The third-order valence-corrected chi connectivity index (χ3v) is 6.63. The zero-order valence-corrected chi connectivity index (χ0v) is 20.8. The number of fused-ring (bicyclic) bond motifs is 1. The van der Waals surface area contributed by atoms with Crippen LogP contribution in [0.5, 0.6) is 11.5 Å². The molecule has 3 heterocycles. The number of nitrogens with one attached hydrogen (secondary N) is 1. The fourth-order valence-electron chi connectivity index (χ4n) is 4.16. The SMILES string of the molecule is CCC1=C(C(=O)OC)[C@@H](c2cccc(OC)c2OC)N2C(CC(=O)NCc3ccco3)=CSC2=N1. The summed E-state index contributed by atoms with van der Waals surface area (Å²) in [7, 11) is 4.46. The smallest absolute Gasteiger partial charge is 0.338 e. The van der Waals surface area contributed by atoms with Crippen LogP contribution >= 0.6 is 11.8 Å². The van der Waals surface area contributed by atoms with Gasteiger partial charge in [0.1, 0.15) is 5.76 Å². The number of esters is 1. The minimum atomic E-state index is -0.617. The Morgan fingerprint density at radius 1 is 1.17 bits per heavy atom. The molecule has 0 radical (unpaired) electrons. The van der Waals surface area contributed by atoms with Gasteiger partial charge in [0.25, 0.3) is 0 Å². The van der Waals surface area contributed by atoms with Crippen LogP contribution in [-0.2, 0) is 20.9 Å². The molecule has 0 fully saturated rings. The first-order valence-corrected chi connectivity index (χ1v) is 11.9. The van der Waals surface area contributed by atoms with Gasteiger partial charge in [-0.05, 0) is 30.0 Å². The van der Waals surface area contributed by atoms with Crippen molar-refractivity contribution in [2.45, 2.75) is 32.4 Å². The highest BCUT2D eigenvalue weighted by Crippen LogP contribution is 2.49. The van der Waals surface area contributed by atoms with E-state index in [0.29, 0.717) is 51.4 Å². The molecule has 2 aliphatic rings. The number of nitrogens with zero attached hydrogens (tertiary/aromatic N) is 2. The minimum Gasteiger partial charge on any atom is -0.493 e. The largest absolute Gasteiger partial charge is 0.493 e. The number of amides is 1. The average molecular weight is 498 g/mol. The zero-order valence-electron chi connectivity index (χ0n) is 20.0. The number of hydrogen-bond acceptors (Lipinski definition) is 9. The fourth-order valence-corrected chi connectivity index (χ4v) is 5.10. The second-order valence-electron chi connectivity index (χ2n) is 7.72. The number of rotatable bonds is 9. The number of para-hydroxylation sites is 1. The van der Waals surface area contributed by atoms with Crippen molar-refractivity contribution in [2.24, 2.45) is 4.99 Å². The van der Waals surface area contributed by atoms with Gasteiger partial charge in [0, 0.05) is 11.3 Å². The van der Waals surface area contributed by atoms with Gasteiger partial charge in [-0.1, -0.05) is 30.8 Å². The number of carbonyl (C=O) groups excluding carboxylic acids is 2. The van der Waals surface area contributed by atoms with Gasteiger partial charge < -0.3 is 28.8 Å². The monoisotopic (exact) mass is 497 g/mol. The number of hydrogen-bond donors (Lipinski definition) is 1. The van der Waals surface area contributed by atoms with Gasteiger partial charge in [0.05, 0.1) is 57.9 Å². The lowest BCUT2D eigenvalue weighted by molar-refractivity contribution is -0.136. The van der Waals surface area contributed by atoms with Crippen LogP contribution in [0.15, 0.2) is 68.4 Å². The van der Waals surface area contributed by atoms with Crippen molar-refractivity contribution in [3.63, 3.8) is 0 Å². The van der Waals surface area contributed by atoms with Crippen LogP contribution in [0.4, 0.5) is 0 Å². The molecular weight excluding hydrogens is 470 g/mol. The first-order valence-electron chi connectivity index (χ1n) is 11.1. The Morgan fingerprint density at radius 3 is 2.66 bits per heavy atom. The Bertz CT molecular complexity index is 1200. The molecule has 0 spiro atoms. The Kier molecular flexibility index (Phi) is 7.50. The van der Waals surface area contributed by atoms with Crippen LogP contribution in [0.25, 0.3) is 0 Å². The number of allylic oxidation sites excluding steroid dienone is 1. The van der Waals surface area contributed by atoms with Crippen LogP contribution < -0.4 is 14.8 Å². The molecule has 1 amide bonds. The predicted octanol–water partition coefficient (Wildman–Crippen LogP) is 4.14. The van der Waals surface area contributed by atoms with Crippen molar-refractivity contribution in [3.8, 4) is 11.5 Å². The lowest BCUT2D eigenvalue weighted by atomic mass is 9.92. The molecule has 9 nitrogen and oxygen atoms in total. The molecule has 0 bridgehead atoms. The van der Waals surface area contributed by atoms with E-state index in [4.69, 9.17) is 23.6 Å². The molecule has 0 aliphatic carbocycles. The number of thioether (sulfide) groups is 1. The number of aliphatic imine (C=N–C) groups is 1. The van der Waals surface area contributed by atoms with Gasteiger partial charge in [-0.3, -0.25) is 4.79 Å². The van der Waals surface area contributed by atoms with E-state index in [1.54, 1.807) is 38.7 Å². The van der Waals surface area contributed by atoms with Gasteiger partial charge in [-0.15, -0.1) is 0 Å². The summed E-state index contributed by atoms with van der Waals surface area (Å²) >= 11 is 1.41. The summed E-state index contributed by atoms with van der Waals surface area (Å²) in [5.74, 6) is 1.02. The summed E-state index contributed by atoms with van der Waals surface area (Å²) in [5.41, 5.74) is 2.43. The molecule has 35 heavy (non-hydrogen) atoms. The van der Waals surface area contributed by atoms with Gasteiger partial charge in [-0.25, -0.2) is 9.79 Å². The van der Waals surface area contributed by atoms with E-state index in [0.717, 1.165) is 0 Å². The van der Waals surface area contributed by atoms with E-state index in [-0.39, 0.29) is 18.9 Å². The van der Waals surface area contributed by atoms with Gasteiger partial charge >= 0.3 is 5.97 Å². The minimum absolute atomic E-state index is 0.0887. The van der Waals surface area contributed by atoms with E-state index in [2.05, 4.69) is 5.32 Å². The first kappa shape index (κ1) is 24.5. The molecule has 1 N–H and O–H groups in total. The maximum Gasteiger partial charge on any atom is 0.338 e. The molecule has 2 aromatic rings. The number of furan rings is 1. The van der Waals surface area contributed by atoms with Crippen molar-refractivity contribution in [1.29, 1.82) is 0 Å². The van der Waals surface area contributed by atoms with E-state index < -0.39 is 12.0 Å². The molecule has 4 rings (SSSR count). The first-order chi connectivity index (χ1) is 17.0. The van der Waals surface area contributed by atoms with Gasteiger partial charge in [0.2, 0.25) is 5.91 Å². The number of carbonyl (C=O) groups is 2. The summed E-state index contributed by atoms with van der Waals surface area (Å²) in [6.45, 7) is 2.22. The molecule has 1 aromatic carbocycles. The Hall–Kier alpha value is -3.66. The number of amidine groups is 1. The van der Waals surface area contributed by atoms with Crippen LogP contribution in [0.3, 0.4) is 0 Å². The summed E-state index contributed by atoms with van der Waals surface area (Å²) in [4.78, 5) is 32.5. The number of ether oxygens (including phenoxy) is 3. The summed E-state index contributed by atoms with van der Waals surface area (Å²) in [6, 6.07) is 8.46. The molecule has 2 aliphatic heterocycles. The van der Waals surface area contributed by atoms with Crippen molar-refractivity contribution in [3.05, 3.63) is 70.3 Å². The third kappa shape index (κ3) is 4.79. The van der Waals surface area contributed by atoms with Crippen molar-refractivity contribution < 1.29 is 28.2 Å². The molecule has 0 unspecified atom stereocenters. The highest BCUT2D eigenvalue weighted by Gasteiger charge is 2.43. The van der Waals surface area contributed by atoms with Crippen molar-refractivity contribution in [1.82, 2.24) is 10.2 Å². The molecule has 1 aromatic heterocycles. The van der Waals surface area contributed by atoms with E-state index >= 15 is 0 Å². The lowest BCUT2D eigenvalue weighted by Gasteiger charge is -2.37.